The van der Waals surface area contributed by atoms with Crippen molar-refractivity contribution < 1.29 is 11.9 Å². The first-order chi connectivity index (χ1) is 3.41. The van der Waals surface area contributed by atoms with Gasteiger partial charge in [0, 0.05) is 0 Å². The van der Waals surface area contributed by atoms with Crippen molar-refractivity contribution in [1.82, 2.24) is 0 Å². The van der Waals surface area contributed by atoms with Crippen LogP contribution < -0.4 is 0 Å². The minimum Gasteiger partial charge on any atom is -1.00 e. The largest absolute Gasteiger partial charge is 2.00 e. The number of rotatable bonds is 4. The van der Waals surface area contributed by atoms with E-state index in [1.807, 2.05) is 0 Å². The summed E-state index contributed by atoms with van der Waals surface area (Å²) >= 11 is 0. The van der Waals surface area contributed by atoms with Crippen LogP contribution in [-0.4, -0.2) is 29.7 Å². The van der Waals surface area contributed by atoms with E-state index in [0.717, 1.165) is 12.8 Å². The van der Waals surface area contributed by atoms with Crippen LogP contribution in [0.15, 0.2) is 0 Å². The van der Waals surface area contributed by atoms with Crippen molar-refractivity contribution in [3.05, 3.63) is 0 Å². The van der Waals surface area contributed by atoms with Gasteiger partial charge in [0.1, 0.15) is 0 Å². The van der Waals surface area contributed by atoms with E-state index in [1.54, 1.807) is 0 Å². The van der Waals surface area contributed by atoms with Crippen LogP contribution in [0.5, 0.6) is 0 Å². The van der Waals surface area contributed by atoms with Gasteiger partial charge in [-0.05, 0) is 6.42 Å². The van der Waals surface area contributed by atoms with Gasteiger partial charge < -0.3 is 2.85 Å². The summed E-state index contributed by atoms with van der Waals surface area (Å²) in [6.07, 6.45) is 2.09. The third-order valence-electron chi connectivity index (χ3n) is 0.642. The summed E-state index contributed by atoms with van der Waals surface area (Å²) in [5, 5.41) is 0. The molecule has 0 N–H and O–H groups in total. The topological polar surface area (TPSA) is 26.3 Å². The summed E-state index contributed by atoms with van der Waals surface area (Å²) in [6.45, 7) is 2.67. The van der Waals surface area contributed by atoms with E-state index in [1.165, 1.54) is 0 Å². The predicted octanol–water partition coefficient (Wildman–Crippen LogP) is 1.85. The van der Waals surface area contributed by atoms with Crippen LogP contribution in [0.1, 0.15) is 22.6 Å². The molecular formula is C4H11MgO2P. The Morgan fingerprint density at radius 1 is 1.75 bits per heavy atom. The normalized spacial score (nSPS) is 8.62. The van der Waals surface area contributed by atoms with Crippen molar-refractivity contribution in [1.29, 1.82) is 0 Å². The summed E-state index contributed by atoms with van der Waals surface area (Å²) < 4.78 is 14.0. The van der Waals surface area contributed by atoms with Crippen LogP contribution in [0.4, 0.5) is 0 Å². The average molecular weight is 146 g/mol. The van der Waals surface area contributed by atoms with E-state index < -0.39 is 0 Å². The van der Waals surface area contributed by atoms with Crippen LogP contribution in [0, 0.1) is 0 Å². The zero-order chi connectivity index (χ0) is 5.54. The van der Waals surface area contributed by atoms with E-state index in [0.29, 0.717) is 6.61 Å². The molecule has 0 aromatic heterocycles. The van der Waals surface area contributed by atoms with Gasteiger partial charge >= 0.3 is 31.7 Å². The summed E-state index contributed by atoms with van der Waals surface area (Å²) in [5.41, 5.74) is 0. The Bertz CT molecular complexity index is 58.5. The molecule has 0 radical (unpaired) electrons. The summed E-state index contributed by atoms with van der Waals surface area (Å²) in [5.74, 6) is 0. The summed E-state index contributed by atoms with van der Waals surface area (Å²) in [4.78, 5) is 0. The van der Waals surface area contributed by atoms with Crippen LogP contribution in [0.2, 0.25) is 0 Å². The average Bonchev–Trinajstić information content (AvgIpc) is 1.69. The molecule has 0 bridgehead atoms. The third-order valence-corrected chi connectivity index (χ3v) is 0.930. The zero-order valence-electron chi connectivity index (χ0n) is 7.09. The Kier molecular flexibility index (Phi) is 15.6. The van der Waals surface area contributed by atoms with Crippen LogP contribution >= 0.6 is 8.69 Å². The van der Waals surface area contributed by atoms with Crippen molar-refractivity contribution in [3.8, 4) is 0 Å². The minimum atomic E-state index is -0.195. The summed E-state index contributed by atoms with van der Waals surface area (Å²) in [6, 6.07) is 0. The molecule has 0 atom stereocenters. The monoisotopic (exact) mass is 146 g/mol. The van der Waals surface area contributed by atoms with E-state index in [2.05, 4.69) is 11.4 Å². The minimum absolute atomic E-state index is 0. The molecule has 0 rings (SSSR count). The summed E-state index contributed by atoms with van der Waals surface area (Å²) in [7, 11) is -0.195. The standard InChI is InChI=1S/C4H9O2P.Mg.2H/c1-2-3-4-6-7-5;;;/h2-4H2,1H3;;;/q;+2;2*-1. The molecule has 8 heavy (non-hydrogen) atoms. The van der Waals surface area contributed by atoms with Crippen LogP contribution in [-0.2, 0) is 9.09 Å². The van der Waals surface area contributed by atoms with Gasteiger partial charge in [-0.3, -0.25) is 4.52 Å². The van der Waals surface area contributed by atoms with Crippen molar-refractivity contribution in [2.24, 2.45) is 0 Å². The first-order valence-electron chi connectivity index (χ1n) is 2.36. The molecule has 0 aromatic carbocycles. The molecule has 0 amide bonds. The molecule has 0 aromatic rings. The van der Waals surface area contributed by atoms with Crippen molar-refractivity contribution >= 4 is 31.7 Å². The van der Waals surface area contributed by atoms with Gasteiger partial charge in [0.25, 0.3) is 0 Å². The van der Waals surface area contributed by atoms with Gasteiger partial charge in [0.15, 0.2) is 0 Å². The second-order valence-electron chi connectivity index (χ2n) is 1.26. The predicted molar refractivity (Wildman–Crippen MR) is 36.4 cm³/mol. The van der Waals surface area contributed by atoms with Gasteiger partial charge in [-0.1, -0.05) is 13.3 Å². The van der Waals surface area contributed by atoms with Crippen molar-refractivity contribution in [2.45, 2.75) is 19.8 Å². The van der Waals surface area contributed by atoms with Crippen molar-refractivity contribution in [2.75, 3.05) is 6.61 Å². The van der Waals surface area contributed by atoms with Gasteiger partial charge in [-0.25, -0.2) is 4.57 Å². The maximum absolute atomic E-state index is 9.55. The fourth-order valence-corrected chi connectivity index (χ4v) is 0.450. The molecule has 0 aliphatic heterocycles. The van der Waals surface area contributed by atoms with Gasteiger partial charge in [0.05, 0.1) is 6.61 Å². The van der Waals surface area contributed by atoms with E-state index in [-0.39, 0.29) is 34.6 Å². The van der Waals surface area contributed by atoms with Crippen LogP contribution in [0.25, 0.3) is 0 Å². The van der Waals surface area contributed by atoms with Gasteiger partial charge in [0.2, 0.25) is 0 Å². The molecular weight excluding hydrogens is 135 g/mol. The SMILES string of the molecule is CCCCOP=O.[H-].[H-].[Mg+2]. The van der Waals surface area contributed by atoms with E-state index >= 15 is 0 Å². The molecule has 0 aliphatic carbocycles. The van der Waals surface area contributed by atoms with E-state index in [4.69, 9.17) is 0 Å². The van der Waals surface area contributed by atoms with Crippen molar-refractivity contribution in [3.63, 3.8) is 0 Å². The molecule has 2 nitrogen and oxygen atoms in total. The number of hydrogen-bond donors (Lipinski definition) is 0. The molecule has 0 saturated carbocycles. The molecule has 0 aliphatic rings. The molecule has 0 unspecified atom stereocenters. The first-order valence-corrected chi connectivity index (χ1v) is 3.09. The Hall–Kier alpha value is 0.826. The molecule has 0 spiro atoms. The molecule has 46 valence electrons. The fraction of sp³-hybridized carbons (Fsp3) is 1.00. The molecule has 4 heteroatoms. The number of hydrogen-bond acceptors (Lipinski definition) is 2. The quantitative estimate of drug-likeness (QED) is 0.344. The van der Waals surface area contributed by atoms with Gasteiger partial charge in [-0.2, -0.15) is 0 Å². The first kappa shape index (κ1) is 11.6. The second-order valence-corrected chi connectivity index (χ2v) is 1.67. The number of unbranched alkanes of at least 4 members (excludes halogenated alkanes) is 1. The second kappa shape index (κ2) is 10.7. The Morgan fingerprint density at radius 2 is 2.38 bits per heavy atom. The third kappa shape index (κ3) is 9.95. The smallest absolute Gasteiger partial charge is 1.00 e. The Morgan fingerprint density at radius 3 is 2.75 bits per heavy atom. The van der Waals surface area contributed by atoms with Crippen LogP contribution in [0.3, 0.4) is 0 Å². The fourth-order valence-electron chi connectivity index (χ4n) is 0.246. The molecule has 0 fully saturated rings. The zero-order valence-corrected chi connectivity index (χ0v) is 7.40. The molecule has 0 saturated heterocycles. The maximum Gasteiger partial charge on any atom is 2.00 e. The molecule has 0 heterocycles. The van der Waals surface area contributed by atoms with Gasteiger partial charge in [-0.15, -0.1) is 0 Å². The Balaban J connectivity index is -0.0000000600. The Labute approximate surface area is 70.4 Å². The maximum atomic E-state index is 9.55. The van der Waals surface area contributed by atoms with E-state index in [9.17, 15) is 4.57 Å².